The third-order valence-corrected chi connectivity index (χ3v) is 23.7. The number of aliphatic hydroxyl groups excluding tert-OH is 18. The second-order valence-corrected chi connectivity index (χ2v) is 33.5. The standard InChI is InChI=1S/C84H153N3O33/c1-5-7-9-11-13-15-17-19-20-21-22-23-24-25-26-27-28-30-32-34-36-38-40-42-60(97)87-52(53(96)41-39-37-35-33-31-29-18-16-14-12-10-8-6-2)49-109-81-71(106)69(104)76(59(48-93)115-81)118-84-73(108)78(65(100)56(45-90)112-84)120-80-62(86-51(4)95)67(102)75(58(47-92)114-80)117-83-72(107)77(64(99)55(44-89)111-83)119-79-61(85-50(3)94)66(101)74(57(46-91)113-79)116-82-70(105)68(103)63(98)54(43-88)110-82/h39,41,52-59,61-84,88-93,96,98-108H,5-38,40,42-49H2,1-4H3,(H,85,94)(H,86,95)(H,87,97)/b41-39+/t52-,53+,54?,55?,56?,57?,58?,59?,61?,62?,63-,64-,65-,66+,67+,68-,69+,70?,71?,72?,73?,74+,75+,76+,77-,78-,79-,80-,81+,82-,83-,84-/m0/s1. The Labute approximate surface area is 707 Å². The van der Waals surface area contributed by atoms with Gasteiger partial charge in [-0.25, -0.2) is 0 Å². The smallest absolute Gasteiger partial charge is 0.220 e. The van der Waals surface area contributed by atoms with Crippen LogP contribution in [0.2, 0.25) is 0 Å². The predicted octanol–water partition coefficient (Wildman–Crippen LogP) is 0.697. The van der Waals surface area contributed by atoms with Gasteiger partial charge in [0.15, 0.2) is 37.7 Å². The average Bonchev–Trinajstić information content (AvgIpc) is 0.766. The molecule has 36 heteroatoms. The van der Waals surface area contributed by atoms with Crippen molar-refractivity contribution in [3.8, 4) is 0 Å². The fourth-order valence-corrected chi connectivity index (χ4v) is 16.5. The molecule has 120 heavy (non-hydrogen) atoms. The number of hydrogen-bond acceptors (Lipinski definition) is 33. The van der Waals surface area contributed by atoms with E-state index in [1.54, 1.807) is 6.08 Å². The maximum absolute atomic E-state index is 13.6. The number of carbonyl (C=O) groups is 3. The number of unbranched alkanes of at least 4 members (excludes halogenated alkanes) is 33. The number of nitrogens with one attached hydrogen (secondary N) is 3. The van der Waals surface area contributed by atoms with Crippen LogP contribution in [0.5, 0.6) is 0 Å². The van der Waals surface area contributed by atoms with Crippen LogP contribution in [0.3, 0.4) is 0 Å². The highest BCUT2D eigenvalue weighted by atomic mass is 16.8. The van der Waals surface area contributed by atoms with Gasteiger partial charge in [-0.1, -0.05) is 231 Å². The van der Waals surface area contributed by atoms with Crippen molar-refractivity contribution in [2.24, 2.45) is 0 Å². The number of amides is 3. The molecule has 6 aliphatic rings. The molecule has 0 bridgehead atoms. The number of hydrogen-bond donors (Lipinski definition) is 21. The SMILES string of the molecule is CCCCCCCCCCCCC/C=C/[C@@H](O)[C@H](CO[C@@H]1OC(CO)[C@@H](O[C@@H]2OC(CO)[C@H](O)[C@H](O[C@@H]3OC(CO)[C@@H](O[C@@H]4OC(CO)[C@H](O)[C@H](O[C@@H]5OC(CO)[C@@H](O[C@@H]6OC(CO)[C@H](O)[C@H](O)C6O)[C@H](O)C5NC(C)=O)C4O)[C@H](O)C3NC(C)=O)C2O)[C@H](O)C1O)NC(=O)CCCCCCCCCCCCCCCCCCCCCCCCC. The molecule has 0 aromatic heterocycles. The second-order valence-electron chi connectivity index (χ2n) is 33.5. The molecule has 6 aliphatic heterocycles. The van der Waals surface area contributed by atoms with Crippen LogP contribution in [0, 0.1) is 0 Å². The first-order chi connectivity index (χ1) is 57.8. The molecule has 6 rings (SSSR count). The maximum Gasteiger partial charge on any atom is 0.220 e. The molecule has 0 spiro atoms. The summed E-state index contributed by atoms with van der Waals surface area (Å²) < 4.78 is 70.9. The van der Waals surface area contributed by atoms with E-state index in [1.165, 1.54) is 161 Å². The molecule has 0 aromatic carbocycles. The van der Waals surface area contributed by atoms with E-state index in [9.17, 15) is 106 Å². The Morgan fingerprint density at radius 3 is 0.967 bits per heavy atom. The van der Waals surface area contributed by atoms with E-state index in [-0.39, 0.29) is 12.3 Å². The first-order valence-electron chi connectivity index (χ1n) is 45.0. The van der Waals surface area contributed by atoms with E-state index in [1.807, 2.05) is 6.08 Å². The Morgan fingerprint density at radius 2 is 0.617 bits per heavy atom. The van der Waals surface area contributed by atoms with Crippen molar-refractivity contribution in [3.63, 3.8) is 0 Å². The van der Waals surface area contributed by atoms with Gasteiger partial charge in [-0.15, -0.1) is 0 Å². The predicted molar refractivity (Wildman–Crippen MR) is 431 cm³/mol. The Bertz CT molecular complexity index is 2740. The van der Waals surface area contributed by atoms with E-state index in [2.05, 4.69) is 29.8 Å². The Balaban J connectivity index is 1.05. The first-order valence-corrected chi connectivity index (χ1v) is 45.0. The van der Waals surface area contributed by atoms with Crippen molar-refractivity contribution in [3.05, 3.63) is 12.2 Å². The van der Waals surface area contributed by atoms with E-state index < -0.39 is 254 Å². The van der Waals surface area contributed by atoms with Crippen molar-refractivity contribution in [1.82, 2.24) is 16.0 Å². The van der Waals surface area contributed by atoms with Crippen LogP contribution in [-0.2, 0) is 71.2 Å². The molecule has 0 radical (unpaired) electrons. The van der Waals surface area contributed by atoms with Crippen LogP contribution in [0.15, 0.2) is 12.2 Å². The summed E-state index contributed by atoms with van der Waals surface area (Å²) >= 11 is 0. The monoisotopic (exact) mass is 1730 g/mol. The molecule has 32 atom stereocenters. The van der Waals surface area contributed by atoms with Crippen LogP contribution in [0.25, 0.3) is 0 Å². The number of aliphatic hydroxyl groups is 18. The van der Waals surface area contributed by atoms with Gasteiger partial charge in [0, 0.05) is 20.3 Å². The zero-order chi connectivity index (χ0) is 87.6. The highest BCUT2D eigenvalue weighted by Gasteiger charge is 2.59. The molecule has 21 N–H and O–H groups in total. The van der Waals surface area contributed by atoms with Gasteiger partial charge in [0.1, 0.15) is 146 Å². The summed E-state index contributed by atoms with van der Waals surface area (Å²) in [6.07, 6.45) is -9.23. The number of ether oxygens (including phenoxy) is 12. The lowest BCUT2D eigenvalue weighted by Crippen LogP contribution is -2.70. The molecule has 6 saturated heterocycles. The fourth-order valence-electron chi connectivity index (χ4n) is 16.5. The zero-order valence-corrected chi connectivity index (χ0v) is 71.2. The van der Waals surface area contributed by atoms with Crippen LogP contribution in [0.4, 0.5) is 0 Å². The Morgan fingerprint density at radius 1 is 0.325 bits per heavy atom. The van der Waals surface area contributed by atoms with Gasteiger partial charge in [-0.3, -0.25) is 14.4 Å². The van der Waals surface area contributed by atoms with E-state index in [0.29, 0.717) is 12.8 Å². The van der Waals surface area contributed by atoms with Crippen LogP contribution in [0.1, 0.15) is 259 Å². The van der Waals surface area contributed by atoms with Crippen LogP contribution in [-0.4, -0.2) is 352 Å². The highest BCUT2D eigenvalue weighted by molar-refractivity contribution is 5.76. The molecule has 0 saturated carbocycles. The van der Waals surface area contributed by atoms with Gasteiger partial charge < -0.3 is 165 Å². The Kier molecular flexibility index (Phi) is 51.5. The van der Waals surface area contributed by atoms with Gasteiger partial charge in [-0.05, 0) is 19.3 Å². The molecule has 0 aromatic rings. The minimum Gasteiger partial charge on any atom is -0.394 e. The quantitative estimate of drug-likeness (QED) is 0.0294. The third-order valence-electron chi connectivity index (χ3n) is 23.7. The van der Waals surface area contributed by atoms with Crippen molar-refractivity contribution in [2.75, 3.05) is 46.2 Å². The maximum atomic E-state index is 13.6. The first kappa shape index (κ1) is 106. The van der Waals surface area contributed by atoms with Gasteiger partial charge >= 0.3 is 0 Å². The molecule has 6 fully saturated rings. The summed E-state index contributed by atoms with van der Waals surface area (Å²) in [6, 6.07) is -4.66. The molecule has 12 unspecified atom stereocenters. The van der Waals surface area contributed by atoms with Crippen LogP contribution >= 0.6 is 0 Å². The molecule has 0 aliphatic carbocycles. The van der Waals surface area contributed by atoms with Crippen LogP contribution < -0.4 is 16.0 Å². The minimum atomic E-state index is -2.24. The lowest BCUT2D eigenvalue weighted by molar-refractivity contribution is -0.387. The van der Waals surface area contributed by atoms with Crippen molar-refractivity contribution in [1.29, 1.82) is 0 Å². The normalized spacial score (nSPS) is 35.5. The van der Waals surface area contributed by atoms with Gasteiger partial charge in [0.2, 0.25) is 17.7 Å². The lowest BCUT2D eigenvalue weighted by Gasteiger charge is -2.51. The summed E-state index contributed by atoms with van der Waals surface area (Å²) in [5.41, 5.74) is 0. The van der Waals surface area contributed by atoms with E-state index in [4.69, 9.17) is 56.8 Å². The lowest BCUT2D eigenvalue weighted by atomic mass is 9.93. The number of carbonyl (C=O) groups excluding carboxylic acids is 3. The second kappa shape index (κ2) is 58.4. The number of allylic oxidation sites excluding steroid dienone is 1. The summed E-state index contributed by atoms with van der Waals surface area (Å²) in [6.45, 7) is 0.123. The van der Waals surface area contributed by atoms with Gasteiger partial charge in [0.25, 0.3) is 0 Å². The van der Waals surface area contributed by atoms with E-state index in [0.717, 1.165) is 65.2 Å². The third kappa shape index (κ3) is 33.9. The molecular formula is C84H153N3O33. The summed E-state index contributed by atoms with van der Waals surface area (Å²) in [5.74, 6) is -2.04. The molecule has 36 nitrogen and oxygen atoms in total. The minimum absolute atomic E-state index is 0.177. The highest BCUT2D eigenvalue weighted by Crippen LogP contribution is 2.38. The zero-order valence-electron chi connectivity index (χ0n) is 71.2. The summed E-state index contributed by atoms with van der Waals surface area (Å²) in [5, 5.41) is 208. The Hall–Kier alpha value is -3.05. The van der Waals surface area contributed by atoms with Crippen molar-refractivity contribution in [2.45, 2.75) is 455 Å². The fraction of sp³-hybridized carbons (Fsp3) is 0.940. The largest absolute Gasteiger partial charge is 0.394 e. The van der Waals surface area contributed by atoms with E-state index >= 15 is 0 Å². The van der Waals surface area contributed by atoms with Gasteiger partial charge in [-0.2, -0.15) is 0 Å². The molecule has 702 valence electrons. The summed E-state index contributed by atoms with van der Waals surface area (Å²) in [7, 11) is 0. The molecular weight excluding hydrogens is 1580 g/mol. The molecule has 3 amide bonds. The molecule has 6 heterocycles. The average molecular weight is 1730 g/mol. The topological polar surface area (TPSA) is 562 Å². The van der Waals surface area contributed by atoms with Gasteiger partial charge in [0.05, 0.1) is 58.4 Å². The summed E-state index contributed by atoms with van der Waals surface area (Å²) in [4.78, 5) is 39.2. The van der Waals surface area contributed by atoms with Crippen molar-refractivity contribution >= 4 is 17.7 Å². The number of rotatable bonds is 60. The van der Waals surface area contributed by atoms with Crippen molar-refractivity contribution < 1.29 is 163 Å².